The minimum absolute atomic E-state index is 0.175. The van der Waals surface area contributed by atoms with Crippen molar-refractivity contribution < 1.29 is 9.47 Å². The van der Waals surface area contributed by atoms with E-state index in [2.05, 4.69) is 29.3 Å². The van der Waals surface area contributed by atoms with Gasteiger partial charge in [0.25, 0.3) is 0 Å². The Morgan fingerprint density at radius 1 is 1.31 bits per heavy atom. The van der Waals surface area contributed by atoms with Crippen LogP contribution in [0, 0.1) is 0 Å². The molecule has 2 heterocycles. The summed E-state index contributed by atoms with van der Waals surface area (Å²) < 4.78 is 11.8. The van der Waals surface area contributed by atoms with Crippen molar-refractivity contribution in [1.82, 2.24) is 10.2 Å². The predicted molar refractivity (Wildman–Crippen MR) is 118 cm³/mol. The first-order valence-corrected chi connectivity index (χ1v) is 11.6. The number of guanidine groups is 1. The second-order valence-corrected chi connectivity index (χ2v) is 9.05. The molecular formula is C23H34ClN3O2. The van der Waals surface area contributed by atoms with E-state index in [1.54, 1.807) is 0 Å². The Kier molecular flexibility index (Phi) is 6.99. The van der Waals surface area contributed by atoms with Crippen molar-refractivity contribution in [3.8, 4) is 0 Å². The first kappa shape index (κ1) is 21.0. The van der Waals surface area contributed by atoms with Crippen LogP contribution >= 0.6 is 11.6 Å². The molecule has 3 aliphatic rings. The summed E-state index contributed by atoms with van der Waals surface area (Å²) in [6.45, 7) is 7.48. The van der Waals surface area contributed by atoms with Gasteiger partial charge in [0.15, 0.2) is 5.96 Å². The van der Waals surface area contributed by atoms with Gasteiger partial charge in [-0.15, -0.1) is 0 Å². The Bertz CT molecular complexity index is 693. The monoisotopic (exact) mass is 419 g/mol. The van der Waals surface area contributed by atoms with Gasteiger partial charge in [0.2, 0.25) is 0 Å². The third-order valence-electron chi connectivity index (χ3n) is 6.44. The smallest absolute Gasteiger partial charge is 0.193 e. The van der Waals surface area contributed by atoms with Crippen LogP contribution in [0.25, 0.3) is 0 Å². The van der Waals surface area contributed by atoms with Gasteiger partial charge in [0.05, 0.1) is 25.4 Å². The number of hydrogen-bond donors (Lipinski definition) is 1. The van der Waals surface area contributed by atoms with E-state index in [0.717, 1.165) is 69.6 Å². The maximum Gasteiger partial charge on any atom is 0.193 e. The lowest BCUT2D eigenvalue weighted by molar-refractivity contribution is -0.0367. The fourth-order valence-electron chi connectivity index (χ4n) is 4.41. The molecule has 2 aliphatic heterocycles. The van der Waals surface area contributed by atoms with Gasteiger partial charge < -0.3 is 19.7 Å². The van der Waals surface area contributed by atoms with E-state index in [9.17, 15) is 0 Å². The lowest BCUT2D eigenvalue weighted by Gasteiger charge is -2.34. The van der Waals surface area contributed by atoms with E-state index in [1.807, 2.05) is 12.1 Å². The highest BCUT2D eigenvalue weighted by atomic mass is 35.5. The number of nitrogens with one attached hydrogen (secondary N) is 1. The van der Waals surface area contributed by atoms with Crippen LogP contribution in [0.2, 0.25) is 5.02 Å². The molecule has 1 aromatic rings. The molecule has 0 bridgehead atoms. The van der Waals surface area contributed by atoms with Crippen molar-refractivity contribution >= 4 is 17.6 Å². The summed E-state index contributed by atoms with van der Waals surface area (Å²) in [7, 11) is 0. The molecule has 0 radical (unpaired) electrons. The number of ether oxygens (including phenoxy) is 2. The molecule has 1 unspecified atom stereocenters. The molecule has 1 saturated carbocycles. The number of aliphatic imine (C=N–C) groups is 1. The minimum Gasteiger partial charge on any atom is -0.376 e. The van der Waals surface area contributed by atoms with Crippen molar-refractivity contribution in [2.45, 2.75) is 63.1 Å². The number of hydrogen-bond acceptors (Lipinski definition) is 3. The highest BCUT2D eigenvalue weighted by Crippen LogP contribution is 2.48. The summed E-state index contributed by atoms with van der Waals surface area (Å²) in [5.74, 6) is 1.04. The van der Waals surface area contributed by atoms with Crippen LogP contribution in [0.5, 0.6) is 0 Å². The van der Waals surface area contributed by atoms with Crippen molar-refractivity contribution in [1.29, 1.82) is 0 Å². The summed E-state index contributed by atoms with van der Waals surface area (Å²) in [6.07, 6.45) is 7.46. The van der Waals surface area contributed by atoms with Gasteiger partial charge in [-0.05, 0) is 63.1 Å². The van der Waals surface area contributed by atoms with E-state index >= 15 is 0 Å². The average molecular weight is 420 g/mol. The Balaban J connectivity index is 1.31. The van der Waals surface area contributed by atoms with Gasteiger partial charge in [-0.1, -0.05) is 23.7 Å². The third-order valence-corrected chi connectivity index (χ3v) is 6.68. The highest BCUT2D eigenvalue weighted by molar-refractivity contribution is 6.30. The van der Waals surface area contributed by atoms with Crippen molar-refractivity contribution in [2.24, 2.45) is 4.99 Å². The largest absolute Gasteiger partial charge is 0.376 e. The van der Waals surface area contributed by atoms with Crippen LogP contribution in [0.1, 0.15) is 51.0 Å². The maximum absolute atomic E-state index is 6.22. The summed E-state index contributed by atoms with van der Waals surface area (Å²) in [4.78, 5) is 7.43. The van der Waals surface area contributed by atoms with Crippen LogP contribution in [-0.2, 0) is 14.9 Å². The molecule has 1 atom stereocenters. The second-order valence-electron chi connectivity index (χ2n) is 8.62. The minimum atomic E-state index is 0.175. The maximum atomic E-state index is 6.22. The fourth-order valence-corrected chi connectivity index (χ4v) is 4.60. The standard InChI is InChI=1S/C23H34ClN3O2/c1-2-25-22(26-17-23(10-11-23)18-5-3-6-19(24)15-18)27-12-8-20(9-13-27)29-16-21-7-4-14-28-21/h3,5-6,15,20-21H,2,4,7-14,16-17H2,1H3,(H,25,26). The molecule has 0 spiro atoms. The molecule has 2 saturated heterocycles. The van der Waals surface area contributed by atoms with E-state index in [4.69, 9.17) is 26.1 Å². The molecule has 3 fully saturated rings. The molecule has 29 heavy (non-hydrogen) atoms. The number of halogens is 1. The predicted octanol–water partition coefficient (Wildman–Crippen LogP) is 4.00. The molecular weight excluding hydrogens is 386 g/mol. The van der Waals surface area contributed by atoms with Crippen molar-refractivity contribution in [2.75, 3.05) is 39.4 Å². The number of likely N-dealkylation sites (tertiary alicyclic amines) is 1. The quantitative estimate of drug-likeness (QED) is 0.536. The molecule has 5 nitrogen and oxygen atoms in total. The van der Waals surface area contributed by atoms with Crippen molar-refractivity contribution in [3.63, 3.8) is 0 Å². The molecule has 0 amide bonds. The second kappa shape index (κ2) is 9.67. The lowest BCUT2D eigenvalue weighted by Crippen LogP contribution is -2.47. The molecule has 160 valence electrons. The summed E-state index contributed by atoms with van der Waals surface area (Å²) in [5, 5.41) is 4.31. The Hall–Kier alpha value is -1.30. The topological polar surface area (TPSA) is 46.1 Å². The zero-order valence-corrected chi connectivity index (χ0v) is 18.3. The zero-order chi connectivity index (χ0) is 20.1. The fraction of sp³-hybridized carbons (Fsp3) is 0.696. The van der Waals surface area contributed by atoms with Gasteiger partial charge in [0, 0.05) is 36.7 Å². The molecule has 1 N–H and O–H groups in total. The number of benzene rings is 1. The SMILES string of the molecule is CCNC(=NCC1(c2cccc(Cl)c2)CC1)N1CCC(OCC2CCCO2)CC1. The zero-order valence-electron chi connectivity index (χ0n) is 17.5. The summed E-state index contributed by atoms with van der Waals surface area (Å²) in [6, 6.07) is 8.29. The van der Waals surface area contributed by atoms with E-state index < -0.39 is 0 Å². The van der Waals surface area contributed by atoms with Crippen LogP contribution in [0.15, 0.2) is 29.3 Å². The van der Waals surface area contributed by atoms with E-state index in [0.29, 0.717) is 12.2 Å². The number of nitrogens with zero attached hydrogens (tertiary/aromatic N) is 2. The van der Waals surface area contributed by atoms with Gasteiger partial charge in [-0.25, -0.2) is 0 Å². The Morgan fingerprint density at radius 2 is 2.14 bits per heavy atom. The van der Waals surface area contributed by atoms with Gasteiger partial charge in [-0.2, -0.15) is 0 Å². The molecule has 4 rings (SSSR count). The van der Waals surface area contributed by atoms with Gasteiger partial charge in [0.1, 0.15) is 0 Å². The van der Waals surface area contributed by atoms with E-state index in [1.165, 1.54) is 24.8 Å². The molecule has 1 aromatic carbocycles. The van der Waals surface area contributed by atoms with Crippen LogP contribution in [0.4, 0.5) is 0 Å². The number of piperidine rings is 1. The van der Waals surface area contributed by atoms with Crippen LogP contribution in [0.3, 0.4) is 0 Å². The van der Waals surface area contributed by atoms with Gasteiger partial charge in [-0.3, -0.25) is 4.99 Å². The summed E-state index contributed by atoms with van der Waals surface area (Å²) in [5.41, 5.74) is 1.50. The lowest BCUT2D eigenvalue weighted by atomic mass is 9.96. The van der Waals surface area contributed by atoms with E-state index in [-0.39, 0.29) is 5.41 Å². The third kappa shape index (κ3) is 5.44. The normalized spacial score (nSPS) is 24.7. The first-order chi connectivity index (χ1) is 14.2. The van der Waals surface area contributed by atoms with Crippen LogP contribution < -0.4 is 5.32 Å². The molecule has 0 aromatic heterocycles. The van der Waals surface area contributed by atoms with Crippen molar-refractivity contribution in [3.05, 3.63) is 34.9 Å². The molecule has 6 heteroatoms. The average Bonchev–Trinajstić information content (AvgIpc) is 3.35. The number of rotatable bonds is 7. The van der Waals surface area contributed by atoms with Gasteiger partial charge >= 0.3 is 0 Å². The first-order valence-electron chi connectivity index (χ1n) is 11.2. The van der Waals surface area contributed by atoms with Crippen LogP contribution in [-0.4, -0.2) is 62.5 Å². The highest BCUT2D eigenvalue weighted by Gasteiger charge is 2.44. The Labute approximate surface area is 179 Å². The molecule has 1 aliphatic carbocycles. The Morgan fingerprint density at radius 3 is 2.79 bits per heavy atom. The summed E-state index contributed by atoms with van der Waals surface area (Å²) >= 11 is 6.22.